The highest BCUT2D eigenvalue weighted by atomic mass is 16.5. The van der Waals surface area contributed by atoms with Crippen LogP contribution in [0.3, 0.4) is 0 Å². The molecule has 2 aromatic heterocycles. The summed E-state index contributed by atoms with van der Waals surface area (Å²) >= 11 is 0. The fourth-order valence-corrected chi connectivity index (χ4v) is 3.26. The molecule has 132 valence electrons. The zero-order chi connectivity index (χ0) is 17.8. The second kappa shape index (κ2) is 7.54. The molecule has 0 saturated heterocycles. The van der Waals surface area contributed by atoms with Gasteiger partial charge in [0.1, 0.15) is 5.75 Å². The number of benzene rings is 1. The molecule has 0 atom stereocenters. The number of carbonyl (C=O) groups excluding carboxylic acids is 1. The van der Waals surface area contributed by atoms with E-state index in [1.807, 2.05) is 48.7 Å². The first kappa shape index (κ1) is 16.5. The molecular weight excluding hydrogens is 326 g/mol. The van der Waals surface area contributed by atoms with Crippen molar-refractivity contribution >= 4 is 22.5 Å². The number of hydrogen-bond acceptors (Lipinski definition) is 4. The van der Waals surface area contributed by atoms with Crippen LogP contribution in [0.15, 0.2) is 60.9 Å². The van der Waals surface area contributed by atoms with E-state index in [1.54, 1.807) is 10.8 Å². The molecule has 0 unspecified atom stereocenters. The lowest BCUT2D eigenvalue weighted by atomic mass is 10.0. The minimum Gasteiger partial charge on any atom is -0.493 e. The van der Waals surface area contributed by atoms with Crippen LogP contribution in [-0.2, 0) is 0 Å². The molecule has 5 nitrogen and oxygen atoms in total. The topological polar surface area (TPSA) is 56.1 Å². The maximum Gasteiger partial charge on any atom is 0.234 e. The molecule has 1 N–H and O–H groups in total. The van der Waals surface area contributed by atoms with Crippen LogP contribution < -0.4 is 10.1 Å². The lowest BCUT2D eigenvalue weighted by Crippen LogP contribution is -2.20. The van der Waals surface area contributed by atoms with Crippen LogP contribution in [0.25, 0.3) is 16.6 Å². The fourth-order valence-electron chi connectivity index (χ4n) is 3.26. The number of aromatic nitrogens is 2. The lowest BCUT2D eigenvalue weighted by Gasteiger charge is -2.12. The minimum atomic E-state index is 0.0136. The Balaban J connectivity index is 1.56. The number of ether oxygens (including phenoxy) is 1. The summed E-state index contributed by atoms with van der Waals surface area (Å²) in [6, 6.07) is 13.4. The maximum atomic E-state index is 12.8. The average Bonchev–Trinajstić information content (AvgIpc) is 3.09. The van der Waals surface area contributed by atoms with Gasteiger partial charge in [-0.05, 0) is 42.8 Å². The zero-order valence-electron chi connectivity index (χ0n) is 14.5. The Labute approximate surface area is 152 Å². The van der Waals surface area contributed by atoms with E-state index in [4.69, 9.17) is 4.74 Å². The first-order chi connectivity index (χ1) is 12.8. The molecule has 0 amide bonds. The number of fused-ring (bicyclic) bond motifs is 1. The Hall–Kier alpha value is -2.92. The van der Waals surface area contributed by atoms with Crippen molar-refractivity contribution in [2.24, 2.45) is 0 Å². The summed E-state index contributed by atoms with van der Waals surface area (Å²) in [5.41, 5.74) is 4.04. The van der Waals surface area contributed by atoms with Gasteiger partial charge in [0.05, 0.1) is 24.1 Å². The van der Waals surface area contributed by atoms with Gasteiger partial charge in [0.15, 0.2) is 0 Å². The quantitative estimate of drug-likeness (QED) is 0.767. The van der Waals surface area contributed by atoms with Gasteiger partial charge in [0.2, 0.25) is 5.91 Å². The molecule has 5 heteroatoms. The zero-order valence-corrected chi connectivity index (χ0v) is 14.5. The van der Waals surface area contributed by atoms with E-state index in [0.29, 0.717) is 13.0 Å². The van der Waals surface area contributed by atoms with Gasteiger partial charge in [-0.1, -0.05) is 24.3 Å². The number of para-hydroxylation sites is 1. The van der Waals surface area contributed by atoms with E-state index in [1.165, 1.54) is 5.57 Å². The first-order valence-electron chi connectivity index (χ1n) is 8.90. The van der Waals surface area contributed by atoms with Crippen LogP contribution in [0.1, 0.15) is 23.2 Å². The molecule has 1 aromatic carbocycles. The molecular formula is C21H21N3O2. The van der Waals surface area contributed by atoms with Crippen molar-refractivity contribution in [3.8, 4) is 5.75 Å². The largest absolute Gasteiger partial charge is 0.493 e. The molecule has 0 spiro atoms. The molecule has 0 bridgehead atoms. The van der Waals surface area contributed by atoms with Crippen molar-refractivity contribution in [2.45, 2.75) is 12.8 Å². The van der Waals surface area contributed by atoms with Crippen molar-refractivity contribution in [1.29, 1.82) is 0 Å². The van der Waals surface area contributed by atoms with E-state index < -0.39 is 0 Å². The fraction of sp³-hybridized carbons (Fsp3) is 0.238. The predicted molar refractivity (Wildman–Crippen MR) is 102 cm³/mol. The van der Waals surface area contributed by atoms with E-state index in [2.05, 4.69) is 16.4 Å². The normalized spacial score (nSPS) is 14.2. The van der Waals surface area contributed by atoms with Gasteiger partial charge >= 0.3 is 0 Å². The third-order valence-electron chi connectivity index (χ3n) is 4.57. The first-order valence-corrected chi connectivity index (χ1v) is 8.90. The third kappa shape index (κ3) is 3.39. The highest BCUT2D eigenvalue weighted by molar-refractivity contribution is 5.97. The summed E-state index contributed by atoms with van der Waals surface area (Å²) in [5.74, 6) is 0.791. The summed E-state index contributed by atoms with van der Waals surface area (Å²) in [6.07, 6.45) is 7.15. The second-order valence-corrected chi connectivity index (χ2v) is 6.27. The molecule has 0 saturated carbocycles. The Kier molecular flexibility index (Phi) is 4.80. The molecule has 1 aliphatic rings. The third-order valence-corrected chi connectivity index (χ3v) is 4.57. The Morgan fingerprint density at radius 1 is 1.19 bits per heavy atom. The molecule has 0 radical (unpaired) electrons. The highest BCUT2D eigenvalue weighted by Crippen LogP contribution is 2.28. The number of carbonyl (C=O) groups is 1. The number of nitrogens with one attached hydrogen (secondary N) is 1. The van der Waals surface area contributed by atoms with Gasteiger partial charge in [-0.15, -0.1) is 0 Å². The van der Waals surface area contributed by atoms with Crippen LogP contribution in [0.5, 0.6) is 5.75 Å². The van der Waals surface area contributed by atoms with Crippen molar-refractivity contribution in [3.05, 3.63) is 66.5 Å². The van der Waals surface area contributed by atoms with Crippen molar-refractivity contribution in [2.75, 3.05) is 19.7 Å². The lowest BCUT2D eigenvalue weighted by molar-refractivity contribution is 0.0886. The van der Waals surface area contributed by atoms with Crippen LogP contribution >= 0.6 is 0 Å². The molecule has 3 heterocycles. The number of hydrogen-bond donors (Lipinski definition) is 1. The summed E-state index contributed by atoms with van der Waals surface area (Å²) in [7, 11) is 0. The summed E-state index contributed by atoms with van der Waals surface area (Å²) in [4.78, 5) is 17.3. The predicted octanol–water partition coefficient (Wildman–Crippen LogP) is 3.52. The Morgan fingerprint density at radius 2 is 2.08 bits per heavy atom. The van der Waals surface area contributed by atoms with E-state index in [-0.39, 0.29) is 5.91 Å². The number of pyridine rings is 1. The van der Waals surface area contributed by atoms with E-state index in [0.717, 1.165) is 41.9 Å². The van der Waals surface area contributed by atoms with Gasteiger partial charge in [0, 0.05) is 24.5 Å². The monoisotopic (exact) mass is 347 g/mol. The van der Waals surface area contributed by atoms with Crippen molar-refractivity contribution in [1.82, 2.24) is 14.9 Å². The molecule has 26 heavy (non-hydrogen) atoms. The van der Waals surface area contributed by atoms with Gasteiger partial charge in [-0.3, -0.25) is 14.3 Å². The van der Waals surface area contributed by atoms with Crippen LogP contribution in [-0.4, -0.2) is 35.2 Å². The van der Waals surface area contributed by atoms with Crippen molar-refractivity contribution in [3.63, 3.8) is 0 Å². The maximum absolute atomic E-state index is 12.8. The number of rotatable bonds is 5. The van der Waals surface area contributed by atoms with E-state index in [9.17, 15) is 4.79 Å². The summed E-state index contributed by atoms with van der Waals surface area (Å²) in [5, 5.41) is 3.32. The standard InChI is InChI=1S/C21H21N3O2/c25-20(10-14-26-17-5-2-1-3-6-17)24-15-18(16-8-12-22-13-9-16)21-19(24)7-4-11-23-21/h1-8,11,15,22H,9-10,12-14H2. The SMILES string of the molecule is O=C(CCOc1ccccc1)n1cc(C2=CCNCC2)c2ncccc21. The van der Waals surface area contributed by atoms with Crippen molar-refractivity contribution < 1.29 is 9.53 Å². The Bertz CT molecular complexity index is 944. The molecule has 0 aliphatic carbocycles. The molecule has 0 fully saturated rings. The number of nitrogens with zero attached hydrogens (tertiary/aromatic N) is 2. The minimum absolute atomic E-state index is 0.0136. The van der Waals surface area contributed by atoms with Gasteiger partial charge in [-0.25, -0.2) is 0 Å². The smallest absolute Gasteiger partial charge is 0.234 e. The molecule has 3 aromatic rings. The summed E-state index contributed by atoms with van der Waals surface area (Å²) < 4.78 is 7.38. The molecule has 4 rings (SSSR count). The second-order valence-electron chi connectivity index (χ2n) is 6.27. The summed E-state index contributed by atoms with van der Waals surface area (Å²) in [6.45, 7) is 2.16. The average molecular weight is 347 g/mol. The molecule has 1 aliphatic heterocycles. The van der Waals surface area contributed by atoms with Gasteiger partial charge in [-0.2, -0.15) is 0 Å². The highest BCUT2D eigenvalue weighted by Gasteiger charge is 2.18. The van der Waals surface area contributed by atoms with Crippen LogP contribution in [0.2, 0.25) is 0 Å². The van der Waals surface area contributed by atoms with Crippen LogP contribution in [0.4, 0.5) is 0 Å². The van der Waals surface area contributed by atoms with Crippen LogP contribution in [0, 0.1) is 0 Å². The Morgan fingerprint density at radius 3 is 2.88 bits per heavy atom. The van der Waals surface area contributed by atoms with Gasteiger partial charge < -0.3 is 10.1 Å². The van der Waals surface area contributed by atoms with Gasteiger partial charge in [0.25, 0.3) is 0 Å². The van der Waals surface area contributed by atoms with E-state index >= 15 is 0 Å².